The summed E-state index contributed by atoms with van der Waals surface area (Å²) in [5, 5.41) is 19.4. The second-order valence-electron chi connectivity index (χ2n) is 4.02. The van der Waals surface area contributed by atoms with Crippen LogP contribution in [0.2, 0.25) is 0 Å². The lowest BCUT2D eigenvalue weighted by Gasteiger charge is -2.16. The van der Waals surface area contributed by atoms with Crippen LogP contribution in [0.4, 0.5) is 10.5 Å². The first kappa shape index (κ1) is 13.5. The number of hydrogen-bond acceptors (Lipinski definition) is 4. The molecule has 1 atom stereocenters. The van der Waals surface area contributed by atoms with Crippen LogP contribution < -0.4 is 0 Å². The fourth-order valence-electron chi connectivity index (χ4n) is 1.83. The fourth-order valence-corrected chi connectivity index (χ4v) is 1.83. The molecule has 0 radical (unpaired) electrons. The molecule has 0 saturated heterocycles. The van der Waals surface area contributed by atoms with Crippen LogP contribution in [0.1, 0.15) is 17.2 Å². The molecule has 0 aromatic heterocycles. The van der Waals surface area contributed by atoms with Crippen molar-refractivity contribution in [3.63, 3.8) is 0 Å². The van der Waals surface area contributed by atoms with E-state index in [0.29, 0.717) is 11.1 Å². The molecule has 0 fully saturated rings. The summed E-state index contributed by atoms with van der Waals surface area (Å²) in [4.78, 5) is 20.9. The summed E-state index contributed by atoms with van der Waals surface area (Å²) in [6.45, 7) is 0. The van der Waals surface area contributed by atoms with Crippen LogP contribution in [-0.2, 0) is 4.74 Å². The average molecular weight is 273 g/mol. The van der Waals surface area contributed by atoms with Crippen molar-refractivity contribution >= 4 is 11.8 Å². The van der Waals surface area contributed by atoms with Gasteiger partial charge in [0.1, 0.15) is 0 Å². The van der Waals surface area contributed by atoms with Crippen LogP contribution in [0, 0.1) is 10.1 Å². The van der Waals surface area contributed by atoms with Gasteiger partial charge in [0.05, 0.1) is 4.92 Å². The third kappa shape index (κ3) is 3.11. The number of nitro benzene ring substituents is 1. The van der Waals surface area contributed by atoms with Gasteiger partial charge in [-0.1, -0.05) is 30.3 Å². The standard InChI is InChI=1S/C14H11NO5/c16-14(17)20-13(10-4-2-1-3-5-10)11-6-8-12(9-7-11)15(18)19/h1-9,13H,(H,16,17). The maximum Gasteiger partial charge on any atom is 0.506 e. The number of benzene rings is 2. The topological polar surface area (TPSA) is 89.7 Å². The lowest BCUT2D eigenvalue weighted by molar-refractivity contribution is -0.384. The van der Waals surface area contributed by atoms with E-state index in [-0.39, 0.29) is 5.69 Å². The van der Waals surface area contributed by atoms with Crippen LogP contribution in [0.5, 0.6) is 0 Å². The fraction of sp³-hybridized carbons (Fsp3) is 0.0714. The largest absolute Gasteiger partial charge is 0.506 e. The Hall–Kier alpha value is -2.89. The lowest BCUT2D eigenvalue weighted by atomic mass is 10.0. The maximum atomic E-state index is 10.8. The summed E-state index contributed by atoms with van der Waals surface area (Å²) in [6, 6.07) is 14.4. The highest BCUT2D eigenvalue weighted by molar-refractivity contribution is 5.58. The van der Waals surface area contributed by atoms with E-state index in [2.05, 4.69) is 0 Å². The van der Waals surface area contributed by atoms with Crippen molar-refractivity contribution in [2.75, 3.05) is 0 Å². The first-order valence-electron chi connectivity index (χ1n) is 5.77. The number of carboxylic acid groups (broad SMARTS) is 1. The molecule has 2 rings (SSSR count). The number of nitro groups is 1. The smallest absolute Gasteiger partial charge is 0.450 e. The molecule has 6 nitrogen and oxygen atoms in total. The Morgan fingerprint density at radius 1 is 1.05 bits per heavy atom. The number of carbonyl (C=O) groups is 1. The van der Waals surface area contributed by atoms with E-state index in [9.17, 15) is 14.9 Å². The van der Waals surface area contributed by atoms with E-state index in [1.807, 2.05) is 0 Å². The van der Waals surface area contributed by atoms with Crippen molar-refractivity contribution in [3.8, 4) is 0 Å². The second-order valence-corrected chi connectivity index (χ2v) is 4.02. The Morgan fingerprint density at radius 3 is 2.10 bits per heavy atom. The molecular weight excluding hydrogens is 262 g/mol. The van der Waals surface area contributed by atoms with Gasteiger partial charge in [-0.05, 0) is 23.3 Å². The molecule has 6 heteroatoms. The molecule has 0 aliphatic rings. The molecule has 0 spiro atoms. The van der Waals surface area contributed by atoms with Crippen LogP contribution >= 0.6 is 0 Å². The zero-order valence-electron chi connectivity index (χ0n) is 10.3. The van der Waals surface area contributed by atoms with E-state index in [4.69, 9.17) is 9.84 Å². The minimum atomic E-state index is -1.41. The van der Waals surface area contributed by atoms with Crippen LogP contribution in [0.15, 0.2) is 54.6 Å². The highest BCUT2D eigenvalue weighted by atomic mass is 16.7. The molecule has 102 valence electrons. The van der Waals surface area contributed by atoms with Crippen molar-refractivity contribution in [1.82, 2.24) is 0 Å². The summed E-state index contributed by atoms with van der Waals surface area (Å²) < 4.78 is 4.87. The lowest BCUT2D eigenvalue weighted by Crippen LogP contribution is -2.10. The molecule has 2 aromatic carbocycles. The number of non-ortho nitro benzene ring substituents is 1. The molecule has 1 N–H and O–H groups in total. The van der Waals surface area contributed by atoms with Crippen molar-refractivity contribution in [2.24, 2.45) is 0 Å². The summed E-state index contributed by atoms with van der Waals surface area (Å²) in [5.41, 5.74) is 1.13. The Labute approximate surface area is 114 Å². The van der Waals surface area contributed by atoms with Gasteiger partial charge < -0.3 is 9.84 Å². The molecule has 0 bridgehead atoms. The van der Waals surface area contributed by atoms with Gasteiger partial charge in [-0.3, -0.25) is 10.1 Å². The highest BCUT2D eigenvalue weighted by Crippen LogP contribution is 2.27. The zero-order chi connectivity index (χ0) is 14.5. The van der Waals surface area contributed by atoms with Gasteiger partial charge in [0, 0.05) is 12.1 Å². The predicted octanol–water partition coefficient (Wildman–Crippen LogP) is 3.38. The van der Waals surface area contributed by atoms with Crippen molar-refractivity contribution in [2.45, 2.75) is 6.10 Å². The minimum Gasteiger partial charge on any atom is -0.450 e. The number of rotatable bonds is 4. The molecular formula is C14H11NO5. The van der Waals surface area contributed by atoms with Gasteiger partial charge >= 0.3 is 6.16 Å². The van der Waals surface area contributed by atoms with E-state index in [1.165, 1.54) is 24.3 Å². The minimum absolute atomic E-state index is 0.0594. The molecule has 0 saturated carbocycles. The van der Waals surface area contributed by atoms with E-state index < -0.39 is 17.2 Å². The predicted molar refractivity (Wildman–Crippen MR) is 70.5 cm³/mol. The Kier molecular flexibility index (Phi) is 3.95. The third-order valence-corrected chi connectivity index (χ3v) is 2.73. The second kappa shape index (κ2) is 5.83. The van der Waals surface area contributed by atoms with Gasteiger partial charge in [0.25, 0.3) is 5.69 Å². The van der Waals surface area contributed by atoms with E-state index >= 15 is 0 Å². The zero-order valence-corrected chi connectivity index (χ0v) is 10.3. The van der Waals surface area contributed by atoms with E-state index in [0.717, 1.165) is 0 Å². The normalized spacial score (nSPS) is 11.6. The summed E-state index contributed by atoms with van der Waals surface area (Å²) in [7, 11) is 0. The van der Waals surface area contributed by atoms with Crippen LogP contribution in [0.25, 0.3) is 0 Å². The molecule has 0 aliphatic carbocycles. The van der Waals surface area contributed by atoms with Gasteiger partial charge in [-0.15, -0.1) is 0 Å². The monoisotopic (exact) mass is 273 g/mol. The Bertz CT molecular complexity index is 609. The third-order valence-electron chi connectivity index (χ3n) is 2.73. The molecule has 0 aliphatic heterocycles. The van der Waals surface area contributed by atoms with Gasteiger partial charge in [0.2, 0.25) is 0 Å². The first-order valence-corrected chi connectivity index (χ1v) is 5.77. The number of nitrogens with zero attached hydrogens (tertiary/aromatic N) is 1. The van der Waals surface area contributed by atoms with Crippen molar-refractivity contribution < 1.29 is 19.6 Å². The molecule has 20 heavy (non-hydrogen) atoms. The Balaban J connectivity index is 2.36. The number of hydrogen-bond donors (Lipinski definition) is 1. The molecule has 1 unspecified atom stereocenters. The highest BCUT2D eigenvalue weighted by Gasteiger charge is 2.19. The van der Waals surface area contributed by atoms with Gasteiger partial charge in [0.15, 0.2) is 6.10 Å². The van der Waals surface area contributed by atoms with Gasteiger partial charge in [-0.25, -0.2) is 4.79 Å². The van der Waals surface area contributed by atoms with Gasteiger partial charge in [-0.2, -0.15) is 0 Å². The van der Waals surface area contributed by atoms with E-state index in [1.54, 1.807) is 30.3 Å². The first-order chi connectivity index (χ1) is 9.58. The van der Waals surface area contributed by atoms with Crippen molar-refractivity contribution in [3.05, 3.63) is 75.8 Å². The SMILES string of the molecule is O=C(O)OC(c1ccccc1)c1ccc([N+](=O)[O-])cc1. The molecule has 2 aromatic rings. The molecule has 0 amide bonds. The molecule has 0 heterocycles. The van der Waals surface area contributed by atoms with Crippen LogP contribution in [-0.4, -0.2) is 16.2 Å². The van der Waals surface area contributed by atoms with Crippen molar-refractivity contribution in [1.29, 1.82) is 0 Å². The maximum absolute atomic E-state index is 10.8. The summed E-state index contributed by atoms with van der Waals surface area (Å²) in [5.74, 6) is 0. The summed E-state index contributed by atoms with van der Waals surface area (Å²) in [6.07, 6.45) is -2.22. The average Bonchev–Trinajstić information content (AvgIpc) is 2.45. The quantitative estimate of drug-likeness (QED) is 0.524. The summed E-state index contributed by atoms with van der Waals surface area (Å²) >= 11 is 0. The Morgan fingerprint density at radius 2 is 1.60 bits per heavy atom. The number of ether oxygens (including phenoxy) is 1. The van der Waals surface area contributed by atoms with Crippen LogP contribution in [0.3, 0.4) is 0 Å².